The number of carbonyl (C=O) groups excluding carboxylic acids is 1. The number of rotatable bonds is 6. The molecular weight excluding hydrogens is 440 g/mol. The second-order valence-corrected chi connectivity index (χ2v) is 9.16. The highest BCUT2D eigenvalue weighted by Crippen LogP contribution is 2.30. The van der Waals surface area contributed by atoms with Crippen LogP contribution in [0.5, 0.6) is 0 Å². The summed E-state index contributed by atoms with van der Waals surface area (Å²) >= 11 is 7.78. The lowest BCUT2D eigenvalue weighted by molar-refractivity contribution is -0.127. The molecule has 0 radical (unpaired) electrons. The summed E-state index contributed by atoms with van der Waals surface area (Å²) in [5.41, 5.74) is 3.95. The number of benzene rings is 1. The molecule has 4 rings (SSSR count). The number of aryl methyl sites for hydroxylation is 1. The topological polar surface area (TPSA) is 59.0 Å². The molecule has 1 atom stereocenters. The van der Waals surface area contributed by atoms with Crippen LogP contribution < -0.4 is 0 Å². The minimum Gasteiger partial charge on any atom is -0.338 e. The molecule has 0 aliphatic carbocycles. The Morgan fingerprint density at radius 1 is 1.22 bits per heavy atom. The predicted molar refractivity (Wildman–Crippen MR) is 130 cm³/mol. The highest BCUT2D eigenvalue weighted by Gasteiger charge is 2.26. The molecule has 1 saturated heterocycles. The molecule has 3 heterocycles. The highest BCUT2D eigenvalue weighted by molar-refractivity contribution is 7.98. The Balaban J connectivity index is 1.43. The third-order valence-corrected chi connectivity index (χ3v) is 6.73. The molecule has 1 amide bonds. The summed E-state index contributed by atoms with van der Waals surface area (Å²) in [6.45, 7) is 3.46. The van der Waals surface area contributed by atoms with Crippen LogP contribution in [0.25, 0.3) is 6.08 Å². The molecule has 164 valence electrons. The normalized spacial score (nSPS) is 16.4. The Morgan fingerprint density at radius 3 is 2.88 bits per heavy atom. The molecule has 1 aromatic carbocycles. The Bertz CT molecular complexity index is 1110. The first-order valence-electron chi connectivity index (χ1n) is 10.7. The Kier molecular flexibility index (Phi) is 7.55. The van der Waals surface area contributed by atoms with Crippen LogP contribution in [0.1, 0.15) is 41.3 Å². The molecule has 2 aromatic heterocycles. The van der Waals surface area contributed by atoms with Gasteiger partial charge in [-0.25, -0.2) is 9.97 Å². The fourth-order valence-corrected chi connectivity index (χ4v) is 4.76. The molecule has 5 nitrogen and oxygen atoms in total. The van der Waals surface area contributed by atoms with E-state index in [4.69, 9.17) is 16.6 Å². The van der Waals surface area contributed by atoms with Gasteiger partial charge < -0.3 is 4.90 Å². The lowest BCUT2D eigenvalue weighted by Gasteiger charge is -2.32. The lowest BCUT2D eigenvalue weighted by Crippen LogP contribution is -2.38. The van der Waals surface area contributed by atoms with Gasteiger partial charge in [-0.15, -0.1) is 0 Å². The molecule has 1 unspecified atom stereocenters. The number of thioether (sulfide) groups is 1. The van der Waals surface area contributed by atoms with Crippen molar-refractivity contribution in [3.8, 4) is 0 Å². The number of nitrogens with zero attached hydrogens (tertiary/aromatic N) is 4. The van der Waals surface area contributed by atoms with Crippen molar-refractivity contribution < 1.29 is 4.79 Å². The van der Waals surface area contributed by atoms with Crippen molar-refractivity contribution in [3.63, 3.8) is 0 Å². The number of amides is 1. The van der Waals surface area contributed by atoms with Gasteiger partial charge in [-0.3, -0.25) is 9.78 Å². The fraction of sp³-hybridized carbons (Fsp3) is 0.280. The summed E-state index contributed by atoms with van der Waals surface area (Å²) in [7, 11) is 0. The molecule has 0 saturated carbocycles. The van der Waals surface area contributed by atoms with Gasteiger partial charge in [0.1, 0.15) is 0 Å². The summed E-state index contributed by atoms with van der Waals surface area (Å²) in [6, 6.07) is 13.4. The largest absolute Gasteiger partial charge is 0.338 e. The quantitative estimate of drug-likeness (QED) is 0.272. The molecule has 3 aromatic rings. The van der Waals surface area contributed by atoms with Crippen molar-refractivity contribution in [2.24, 2.45) is 0 Å². The van der Waals surface area contributed by atoms with E-state index in [2.05, 4.69) is 9.97 Å². The molecule has 1 aliphatic rings. The average Bonchev–Trinajstić information content (AvgIpc) is 2.83. The zero-order valence-electron chi connectivity index (χ0n) is 17.9. The second-order valence-electron chi connectivity index (χ2n) is 7.81. The highest BCUT2D eigenvalue weighted by atomic mass is 35.5. The number of halogens is 1. The Morgan fingerprint density at radius 2 is 2.06 bits per heavy atom. The van der Waals surface area contributed by atoms with Gasteiger partial charge >= 0.3 is 0 Å². The van der Waals surface area contributed by atoms with Gasteiger partial charge in [0.15, 0.2) is 5.16 Å². The number of piperidine rings is 1. The minimum absolute atomic E-state index is 0.00563. The minimum atomic E-state index is 0.00563. The monoisotopic (exact) mass is 464 g/mol. The molecule has 32 heavy (non-hydrogen) atoms. The van der Waals surface area contributed by atoms with Crippen LogP contribution in [-0.2, 0) is 10.5 Å². The van der Waals surface area contributed by atoms with E-state index in [1.54, 1.807) is 30.1 Å². The van der Waals surface area contributed by atoms with E-state index in [9.17, 15) is 4.79 Å². The molecule has 7 heteroatoms. The van der Waals surface area contributed by atoms with Gasteiger partial charge in [0, 0.05) is 48.3 Å². The first kappa shape index (κ1) is 22.5. The number of pyridine rings is 1. The zero-order valence-corrected chi connectivity index (χ0v) is 19.5. The van der Waals surface area contributed by atoms with Gasteiger partial charge in [0.25, 0.3) is 0 Å². The first-order chi connectivity index (χ1) is 15.6. The van der Waals surface area contributed by atoms with Crippen molar-refractivity contribution in [3.05, 3.63) is 88.5 Å². The SMILES string of the molecule is Cc1cnc(SCc2ccccn2)nc1C1CCCN(C(=O)C=Cc2ccccc2Cl)C1. The number of carbonyl (C=O) groups is 1. The van der Waals surface area contributed by atoms with Crippen molar-refractivity contribution in [1.29, 1.82) is 0 Å². The molecular formula is C25H25ClN4OS. The summed E-state index contributed by atoms with van der Waals surface area (Å²) < 4.78 is 0. The summed E-state index contributed by atoms with van der Waals surface area (Å²) in [5, 5.41) is 1.39. The summed E-state index contributed by atoms with van der Waals surface area (Å²) in [5.74, 6) is 0.940. The van der Waals surface area contributed by atoms with Crippen molar-refractivity contribution >= 4 is 35.3 Å². The number of aromatic nitrogens is 3. The van der Waals surface area contributed by atoms with E-state index in [1.165, 1.54) is 0 Å². The molecule has 0 bridgehead atoms. The van der Waals surface area contributed by atoms with Crippen LogP contribution in [0, 0.1) is 6.92 Å². The van der Waals surface area contributed by atoms with Gasteiger partial charge in [-0.1, -0.05) is 47.6 Å². The van der Waals surface area contributed by atoms with E-state index >= 15 is 0 Å². The van der Waals surface area contributed by atoms with Gasteiger partial charge in [-0.05, 0) is 55.2 Å². The fourth-order valence-electron chi connectivity index (χ4n) is 3.82. The number of hydrogen-bond acceptors (Lipinski definition) is 5. The van der Waals surface area contributed by atoms with E-state index < -0.39 is 0 Å². The van der Waals surface area contributed by atoms with Crippen LogP contribution in [-0.4, -0.2) is 38.8 Å². The van der Waals surface area contributed by atoms with E-state index in [1.807, 2.05) is 60.5 Å². The summed E-state index contributed by atoms with van der Waals surface area (Å²) in [4.78, 5) is 28.4. The Hall–Kier alpha value is -2.70. The number of hydrogen-bond donors (Lipinski definition) is 0. The maximum Gasteiger partial charge on any atom is 0.246 e. The van der Waals surface area contributed by atoms with Crippen LogP contribution >= 0.6 is 23.4 Å². The summed E-state index contributed by atoms with van der Waals surface area (Å²) in [6.07, 6.45) is 9.06. The van der Waals surface area contributed by atoms with Crippen LogP contribution in [0.15, 0.2) is 66.1 Å². The van der Waals surface area contributed by atoms with Crippen molar-refractivity contribution in [1.82, 2.24) is 19.9 Å². The first-order valence-corrected chi connectivity index (χ1v) is 12.0. The molecule has 1 fully saturated rings. The third kappa shape index (κ3) is 5.75. The smallest absolute Gasteiger partial charge is 0.246 e. The van der Waals surface area contributed by atoms with Crippen molar-refractivity contribution in [2.75, 3.05) is 13.1 Å². The third-order valence-electron chi connectivity index (χ3n) is 5.49. The van der Waals surface area contributed by atoms with E-state index in [0.29, 0.717) is 11.6 Å². The van der Waals surface area contributed by atoms with Gasteiger partial charge in [0.2, 0.25) is 5.91 Å². The standard InChI is InChI=1S/C25H25ClN4OS/c1-18-15-28-25(32-17-21-9-4-5-13-27-21)29-24(18)20-8-6-14-30(16-20)23(31)12-11-19-7-2-3-10-22(19)26/h2-5,7,9-13,15,20H,6,8,14,16-17H2,1H3. The van der Waals surface area contributed by atoms with Crippen LogP contribution in [0.2, 0.25) is 5.02 Å². The van der Waals surface area contributed by atoms with E-state index in [0.717, 1.165) is 52.8 Å². The molecule has 0 spiro atoms. The number of likely N-dealkylation sites (tertiary alicyclic amines) is 1. The lowest BCUT2D eigenvalue weighted by atomic mass is 9.92. The van der Waals surface area contributed by atoms with E-state index in [-0.39, 0.29) is 11.8 Å². The van der Waals surface area contributed by atoms with Crippen LogP contribution in [0.3, 0.4) is 0 Å². The van der Waals surface area contributed by atoms with Crippen molar-refractivity contribution in [2.45, 2.75) is 36.6 Å². The van der Waals surface area contributed by atoms with Gasteiger partial charge in [-0.2, -0.15) is 0 Å². The maximum absolute atomic E-state index is 12.8. The van der Waals surface area contributed by atoms with Gasteiger partial charge in [0.05, 0.1) is 11.4 Å². The molecule has 0 N–H and O–H groups in total. The molecule has 1 aliphatic heterocycles. The zero-order chi connectivity index (χ0) is 22.3. The van der Waals surface area contributed by atoms with Crippen LogP contribution in [0.4, 0.5) is 0 Å². The maximum atomic E-state index is 12.8. The predicted octanol–water partition coefficient (Wildman–Crippen LogP) is 5.55. The second kappa shape index (κ2) is 10.7. The average molecular weight is 465 g/mol. The Labute approximate surface area is 198 Å².